The van der Waals surface area contributed by atoms with E-state index in [0.29, 0.717) is 32.2 Å². The van der Waals surface area contributed by atoms with Gasteiger partial charge in [0.1, 0.15) is 5.60 Å². The van der Waals surface area contributed by atoms with Gasteiger partial charge in [0.15, 0.2) is 5.96 Å². The third-order valence-electron chi connectivity index (χ3n) is 4.96. The summed E-state index contributed by atoms with van der Waals surface area (Å²) in [5.74, 6) is 1.38. The number of nitrogens with one attached hydrogen (secondary N) is 1. The van der Waals surface area contributed by atoms with Gasteiger partial charge in [-0.2, -0.15) is 0 Å². The van der Waals surface area contributed by atoms with Gasteiger partial charge in [0.05, 0.1) is 13.2 Å². The predicted molar refractivity (Wildman–Crippen MR) is 136 cm³/mol. The van der Waals surface area contributed by atoms with Crippen molar-refractivity contribution in [2.45, 2.75) is 46.3 Å². The number of halogens is 1. The highest BCUT2D eigenvalue weighted by Gasteiger charge is 2.25. The third kappa shape index (κ3) is 10.1. The predicted octanol–water partition coefficient (Wildman–Crippen LogP) is 3.98. The number of guanidine groups is 1. The van der Waals surface area contributed by atoms with Gasteiger partial charge in [0.2, 0.25) is 0 Å². The molecule has 1 unspecified atom stereocenters. The zero-order chi connectivity index (χ0) is 22.0. The minimum Gasteiger partial charge on any atom is -0.444 e. The molecule has 2 rings (SSSR count). The fourth-order valence-corrected chi connectivity index (χ4v) is 3.42. The minimum absolute atomic E-state index is 0. The Morgan fingerprint density at radius 3 is 2.61 bits per heavy atom. The van der Waals surface area contributed by atoms with Crippen molar-refractivity contribution in [1.29, 1.82) is 0 Å². The lowest BCUT2D eigenvalue weighted by Gasteiger charge is -2.27. The van der Waals surface area contributed by atoms with Crippen LogP contribution >= 0.6 is 24.0 Å². The molecule has 31 heavy (non-hydrogen) atoms. The molecule has 0 aromatic heterocycles. The number of carbonyl (C=O) groups excluding carboxylic acids is 1. The Morgan fingerprint density at radius 2 is 2.00 bits per heavy atom. The first-order chi connectivity index (χ1) is 14.3. The lowest BCUT2D eigenvalue weighted by molar-refractivity contribution is 0.0263. The Hall–Kier alpha value is -1.55. The number of carbonyl (C=O) groups is 1. The maximum Gasteiger partial charge on any atom is 0.410 e. The second kappa shape index (κ2) is 13.8. The first-order valence-electron chi connectivity index (χ1n) is 10.9. The topological polar surface area (TPSA) is 66.4 Å². The van der Waals surface area contributed by atoms with E-state index >= 15 is 0 Å². The lowest BCUT2D eigenvalue weighted by atomic mass is 10.1. The number of hydrogen-bond acceptors (Lipinski definition) is 4. The van der Waals surface area contributed by atoms with Crippen molar-refractivity contribution in [1.82, 2.24) is 15.1 Å². The van der Waals surface area contributed by atoms with Gasteiger partial charge < -0.3 is 24.6 Å². The Labute approximate surface area is 204 Å². The van der Waals surface area contributed by atoms with E-state index in [0.717, 1.165) is 32.1 Å². The molecular formula is C23H39IN4O3. The van der Waals surface area contributed by atoms with E-state index in [-0.39, 0.29) is 30.1 Å². The maximum atomic E-state index is 12.3. The molecule has 1 fully saturated rings. The first-order valence-corrected chi connectivity index (χ1v) is 10.9. The van der Waals surface area contributed by atoms with Gasteiger partial charge >= 0.3 is 6.09 Å². The fourth-order valence-electron chi connectivity index (χ4n) is 3.42. The molecule has 8 heteroatoms. The number of rotatable bonds is 8. The number of benzene rings is 1. The molecule has 1 atom stereocenters. The van der Waals surface area contributed by atoms with Crippen LogP contribution in [0.3, 0.4) is 0 Å². The minimum atomic E-state index is -0.485. The van der Waals surface area contributed by atoms with Crippen LogP contribution in [0.1, 0.15) is 39.7 Å². The molecule has 1 aromatic carbocycles. The number of nitrogens with zero attached hydrogens (tertiary/aromatic N) is 3. The lowest BCUT2D eigenvalue weighted by Crippen LogP contribution is -2.45. The molecule has 1 aliphatic rings. The monoisotopic (exact) mass is 546 g/mol. The Bertz CT molecular complexity index is 679. The molecule has 7 nitrogen and oxygen atoms in total. The van der Waals surface area contributed by atoms with Gasteiger partial charge in [-0.1, -0.05) is 30.3 Å². The van der Waals surface area contributed by atoms with E-state index in [1.54, 1.807) is 11.9 Å². The molecule has 1 N–H and O–H groups in total. The molecule has 176 valence electrons. The second-order valence-electron chi connectivity index (χ2n) is 8.64. The SMILES string of the molecule is CCN(CCNC(=NC)N1CCC(COCc2ccccc2)C1)C(=O)OC(C)(C)C.I. The zero-order valence-corrected chi connectivity index (χ0v) is 21.9. The first kappa shape index (κ1) is 27.5. The highest BCUT2D eigenvalue weighted by atomic mass is 127. The van der Waals surface area contributed by atoms with Gasteiger partial charge in [0, 0.05) is 45.7 Å². The molecule has 0 radical (unpaired) electrons. The molecule has 1 heterocycles. The molecule has 1 aliphatic heterocycles. The molecule has 0 saturated carbocycles. The average molecular weight is 546 g/mol. The molecule has 0 bridgehead atoms. The van der Waals surface area contributed by atoms with Crippen LogP contribution in [0.4, 0.5) is 4.79 Å². The van der Waals surface area contributed by atoms with Crippen molar-refractivity contribution in [3.05, 3.63) is 35.9 Å². The van der Waals surface area contributed by atoms with E-state index < -0.39 is 5.60 Å². The number of hydrogen-bond donors (Lipinski definition) is 1. The summed E-state index contributed by atoms with van der Waals surface area (Å²) in [6.07, 6.45) is 0.813. The van der Waals surface area contributed by atoms with E-state index in [1.165, 1.54) is 5.56 Å². The largest absolute Gasteiger partial charge is 0.444 e. The quantitative estimate of drug-likeness (QED) is 0.304. The number of ether oxygens (including phenoxy) is 2. The van der Waals surface area contributed by atoms with Crippen molar-refractivity contribution in [2.75, 3.05) is 46.4 Å². The summed E-state index contributed by atoms with van der Waals surface area (Å²) in [4.78, 5) is 20.6. The maximum absolute atomic E-state index is 12.3. The van der Waals surface area contributed by atoms with Crippen molar-refractivity contribution in [3.8, 4) is 0 Å². The standard InChI is InChI=1S/C23H38N4O3.HI/c1-6-26(22(28)30-23(2,3)4)15-13-25-21(24-5)27-14-12-20(16-27)18-29-17-19-10-8-7-9-11-19;/h7-11,20H,6,12-18H2,1-5H3,(H,24,25);1H. The van der Waals surface area contributed by atoms with Crippen molar-refractivity contribution in [2.24, 2.45) is 10.9 Å². The van der Waals surface area contributed by atoms with Crippen molar-refractivity contribution in [3.63, 3.8) is 0 Å². The summed E-state index contributed by atoms with van der Waals surface area (Å²) in [7, 11) is 1.80. The summed E-state index contributed by atoms with van der Waals surface area (Å²) < 4.78 is 11.4. The van der Waals surface area contributed by atoms with E-state index in [4.69, 9.17) is 9.47 Å². The van der Waals surface area contributed by atoms with Crippen LogP contribution in [0.5, 0.6) is 0 Å². The highest BCUT2D eigenvalue weighted by molar-refractivity contribution is 14.0. The van der Waals surface area contributed by atoms with E-state index in [1.807, 2.05) is 45.9 Å². The van der Waals surface area contributed by atoms with Crippen LogP contribution in [-0.4, -0.2) is 73.8 Å². The summed E-state index contributed by atoms with van der Waals surface area (Å²) in [6, 6.07) is 10.3. The molecule has 0 spiro atoms. The summed E-state index contributed by atoms with van der Waals surface area (Å²) >= 11 is 0. The molecular weight excluding hydrogens is 507 g/mol. The van der Waals surface area contributed by atoms with Crippen LogP contribution in [0.25, 0.3) is 0 Å². The molecule has 1 saturated heterocycles. The second-order valence-corrected chi connectivity index (χ2v) is 8.64. The molecule has 0 aliphatic carbocycles. The Kier molecular flexibility index (Phi) is 12.2. The van der Waals surface area contributed by atoms with Gasteiger partial charge in [0.25, 0.3) is 0 Å². The fraction of sp³-hybridized carbons (Fsp3) is 0.652. The van der Waals surface area contributed by atoms with Crippen LogP contribution in [-0.2, 0) is 16.1 Å². The van der Waals surface area contributed by atoms with Crippen LogP contribution in [0.15, 0.2) is 35.3 Å². The van der Waals surface area contributed by atoms with Crippen LogP contribution < -0.4 is 5.32 Å². The number of likely N-dealkylation sites (tertiary alicyclic amines) is 1. The van der Waals surface area contributed by atoms with Crippen LogP contribution in [0, 0.1) is 5.92 Å². The number of aliphatic imine (C=N–C) groups is 1. The Balaban J connectivity index is 0.00000480. The Morgan fingerprint density at radius 1 is 1.29 bits per heavy atom. The smallest absolute Gasteiger partial charge is 0.410 e. The zero-order valence-electron chi connectivity index (χ0n) is 19.6. The molecule has 1 amide bonds. The van der Waals surface area contributed by atoms with Gasteiger partial charge in [-0.25, -0.2) is 4.79 Å². The van der Waals surface area contributed by atoms with Gasteiger partial charge in [-0.05, 0) is 39.7 Å². The normalized spacial score (nSPS) is 16.6. The van der Waals surface area contributed by atoms with Crippen LogP contribution in [0.2, 0.25) is 0 Å². The van der Waals surface area contributed by atoms with Gasteiger partial charge in [-0.15, -0.1) is 24.0 Å². The molecule has 1 aromatic rings. The van der Waals surface area contributed by atoms with E-state index in [2.05, 4.69) is 27.3 Å². The van der Waals surface area contributed by atoms with E-state index in [9.17, 15) is 4.79 Å². The van der Waals surface area contributed by atoms with Crippen molar-refractivity contribution < 1.29 is 14.3 Å². The summed E-state index contributed by atoms with van der Waals surface area (Å²) in [5, 5.41) is 3.38. The van der Waals surface area contributed by atoms with Gasteiger partial charge in [-0.3, -0.25) is 4.99 Å². The highest BCUT2D eigenvalue weighted by Crippen LogP contribution is 2.17. The summed E-state index contributed by atoms with van der Waals surface area (Å²) in [6.45, 7) is 12.7. The third-order valence-corrected chi connectivity index (χ3v) is 4.96. The van der Waals surface area contributed by atoms with Crippen molar-refractivity contribution >= 4 is 36.0 Å². The average Bonchev–Trinajstić information content (AvgIpc) is 3.16. The summed E-state index contributed by atoms with van der Waals surface area (Å²) in [5.41, 5.74) is 0.719. The number of amides is 1. The number of likely N-dealkylation sites (N-methyl/N-ethyl adjacent to an activating group) is 1.